The Hall–Kier alpha value is -1.84. The van der Waals surface area contributed by atoms with Crippen LogP contribution in [0.1, 0.15) is 24.0 Å². The van der Waals surface area contributed by atoms with Gasteiger partial charge in [0.1, 0.15) is 0 Å². The van der Waals surface area contributed by atoms with Gasteiger partial charge < -0.3 is 0 Å². The molecule has 0 fully saturated rings. The zero-order valence-corrected chi connectivity index (χ0v) is 10.2. The van der Waals surface area contributed by atoms with Crippen molar-refractivity contribution < 1.29 is 0 Å². The van der Waals surface area contributed by atoms with Crippen molar-refractivity contribution in [3.63, 3.8) is 0 Å². The minimum atomic E-state index is 0.511. The van der Waals surface area contributed by atoms with Crippen molar-refractivity contribution in [2.24, 2.45) is 0 Å². The molecule has 3 nitrogen and oxygen atoms in total. The standard InChI is InChI=1S/C14H17N3/c1-13-5-2-6-14(11-13)12-17(9-3-7-15)10-4-8-16/h2,5-6,11H,3-4,9-10,12H2,1H3. The van der Waals surface area contributed by atoms with Crippen LogP contribution in [0.2, 0.25) is 0 Å². The molecule has 0 saturated carbocycles. The fourth-order valence-electron chi connectivity index (χ4n) is 1.75. The first-order chi connectivity index (χ1) is 8.26. The lowest BCUT2D eigenvalue weighted by molar-refractivity contribution is 0.278. The van der Waals surface area contributed by atoms with Crippen LogP contribution >= 0.6 is 0 Å². The van der Waals surface area contributed by atoms with Crippen LogP contribution in [0.5, 0.6) is 0 Å². The van der Waals surface area contributed by atoms with Crippen molar-refractivity contribution in [2.75, 3.05) is 13.1 Å². The Kier molecular flexibility index (Phi) is 5.79. The molecule has 0 radical (unpaired) electrons. The first-order valence-electron chi connectivity index (χ1n) is 5.78. The van der Waals surface area contributed by atoms with Crippen LogP contribution in [-0.4, -0.2) is 18.0 Å². The number of benzene rings is 1. The fraction of sp³-hybridized carbons (Fsp3) is 0.429. The first-order valence-corrected chi connectivity index (χ1v) is 5.78. The molecule has 0 aliphatic rings. The molecule has 17 heavy (non-hydrogen) atoms. The Balaban J connectivity index is 2.59. The third-order valence-corrected chi connectivity index (χ3v) is 2.57. The molecule has 1 aromatic rings. The molecular formula is C14H17N3. The van der Waals surface area contributed by atoms with Crippen LogP contribution in [0.15, 0.2) is 24.3 Å². The smallest absolute Gasteiger partial charge is 0.0635 e. The lowest BCUT2D eigenvalue weighted by Crippen LogP contribution is -2.25. The highest BCUT2D eigenvalue weighted by Gasteiger charge is 2.05. The molecule has 0 unspecified atom stereocenters. The molecule has 3 heteroatoms. The second kappa shape index (κ2) is 7.44. The van der Waals surface area contributed by atoms with Gasteiger partial charge in [0.05, 0.1) is 12.1 Å². The Morgan fingerprint density at radius 2 is 1.76 bits per heavy atom. The molecule has 0 heterocycles. The van der Waals surface area contributed by atoms with Gasteiger partial charge in [0.25, 0.3) is 0 Å². The summed E-state index contributed by atoms with van der Waals surface area (Å²) in [5, 5.41) is 17.2. The van der Waals surface area contributed by atoms with E-state index in [0.29, 0.717) is 12.8 Å². The third-order valence-electron chi connectivity index (χ3n) is 2.57. The lowest BCUT2D eigenvalue weighted by Gasteiger charge is -2.19. The summed E-state index contributed by atoms with van der Waals surface area (Å²) in [7, 11) is 0. The predicted octanol–water partition coefficient (Wildman–Crippen LogP) is 2.62. The maximum Gasteiger partial charge on any atom is 0.0635 e. The second-order valence-corrected chi connectivity index (χ2v) is 4.08. The number of nitriles is 2. The zero-order valence-electron chi connectivity index (χ0n) is 10.2. The molecule has 1 aromatic carbocycles. The topological polar surface area (TPSA) is 50.8 Å². The van der Waals surface area contributed by atoms with Gasteiger partial charge in [-0.25, -0.2) is 0 Å². The van der Waals surface area contributed by atoms with Crippen molar-refractivity contribution >= 4 is 0 Å². The van der Waals surface area contributed by atoms with Crippen LogP contribution in [-0.2, 0) is 6.54 Å². The van der Waals surface area contributed by atoms with Gasteiger partial charge in [-0.15, -0.1) is 0 Å². The Labute approximate surface area is 103 Å². The molecule has 0 aliphatic heterocycles. The minimum Gasteiger partial charge on any atom is -0.297 e. The highest BCUT2D eigenvalue weighted by atomic mass is 15.1. The summed E-state index contributed by atoms with van der Waals surface area (Å²) in [5.74, 6) is 0. The monoisotopic (exact) mass is 227 g/mol. The molecule has 0 aromatic heterocycles. The van der Waals surface area contributed by atoms with E-state index in [9.17, 15) is 0 Å². The van der Waals surface area contributed by atoms with E-state index < -0.39 is 0 Å². The molecule has 0 amide bonds. The summed E-state index contributed by atoms with van der Waals surface area (Å²) in [5.41, 5.74) is 2.48. The van der Waals surface area contributed by atoms with E-state index in [1.165, 1.54) is 11.1 Å². The largest absolute Gasteiger partial charge is 0.297 e. The molecule has 1 rings (SSSR count). The highest BCUT2D eigenvalue weighted by Crippen LogP contribution is 2.08. The molecule has 0 bridgehead atoms. The molecule has 0 saturated heterocycles. The van der Waals surface area contributed by atoms with Crippen LogP contribution in [0.25, 0.3) is 0 Å². The predicted molar refractivity (Wildman–Crippen MR) is 66.9 cm³/mol. The summed E-state index contributed by atoms with van der Waals surface area (Å²) in [6.45, 7) is 4.34. The summed E-state index contributed by atoms with van der Waals surface area (Å²) in [4.78, 5) is 2.15. The number of rotatable bonds is 6. The SMILES string of the molecule is Cc1cccc(CN(CCC#N)CCC#N)c1. The average Bonchev–Trinajstić information content (AvgIpc) is 2.32. The van der Waals surface area contributed by atoms with Crippen molar-refractivity contribution in [2.45, 2.75) is 26.3 Å². The quantitative estimate of drug-likeness (QED) is 0.750. The van der Waals surface area contributed by atoms with Gasteiger partial charge in [-0.1, -0.05) is 29.8 Å². The van der Waals surface area contributed by atoms with E-state index in [4.69, 9.17) is 10.5 Å². The summed E-state index contributed by atoms with van der Waals surface area (Å²) >= 11 is 0. The van der Waals surface area contributed by atoms with Crippen LogP contribution < -0.4 is 0 Å². The van der Waals surface area contributed by atoms with Gasteiger partial charge >= 0.3 is 0 Å². The normalized spacial score (nSPS) is 9.88. The van der Waals surface area contributed by atoms with Crippen molar-refractivity contribution in [1.82, 2.24) is 4.90 Å². The summed E-state index contributed by atoms with van der Waals surface area (Å²) < 4.78 is 0. The van der Waals surface area contributed by atoms with E-state index in [1.54, 1.807) is 0 Å². The molecular weight excluding hydrogens is 210 g/mol. The van der Waals surface area contributed by atoms with Gasteiger partial charge in [0.15, 0.2) is 0 Å². The molecule has 0 aliphatic carbocycles. The van der Waals surface area contributed by atoms with E-state index in [0.717, 1.165) is 19.6 Å². The van der Waals surface area contributed by atoms with Crippen molar-refractivity contribution in [3.8, 4) is 12.1 Å². The van der Waals surface area contributed by atoms with E-state index >= 15 is 0 Å². The lowest BCUT2D eigenvalue weighted by atomic mass is 10.1. The zero-order chi connectivity index (χ0) is 12.5. The number of hydrogen-bond donors (Lipinski definition) is 0. The van der Waals surface area contributed by atoms with Crippen LogP contribution in [0.3, 0.4) is 0 Å². The van der Waals surface area contributed by atoms with E-state index in [1.807, 2.05) is 6.07 Å². The molecule has 0 atom stereocenters. The van der Waals surface area contributed by atoms with Crippen molar-refractivity contribution in [3.05, 3.63) is 35.4 Å². The second-order valence-electron chi connectivity index (χ2n) is 4.08. The maximum atomic E-state index is 8.61. The van der Waals surface area contributed by atoms with Gasteiger partial charge in [-0.05, 0) is 12.5 Å². The van der Waals surface area contributed by atoms with E-state index in [-0.39, 0.29) is 0 Å². The van der Waals surface area contributed by atoms with Crippen LogP contribution in [0, 0.1) is 29.6 Å². The summed E-state index contributed by atoms with van der Waals surface area (Å²) in [6.07, 6.45) is 1.02. The first kappa shape index (κ1) is 13.2. The average molecular weight is 227 g/mol. The van der Waals surface area contributed by atoms with Crippen molar-refractivity contribution in [1.29, 1.82) is 10.5 Å². The number of nitrogens with zero attached hydrogens (tertiary/aromatic N) is 3. The van der Waals surface area contributed by atoms with Gasteiger partial charge in [-0.3, -0.25) is 4.90 Å². The van der Waals surface area contributed by atoms with Gasteiger partial charge in [0.2, 0.25) is 0 Å². The number of aryl methyl sites for hydroxylation is 1. The Bertz CT molecular complexity index is 408. The molecule has 0 spiro atoms. The maximum absolute atomic E-state index is 8.61. The van der Waals surface area contributed by atoms with Gasteiger partial charge in [0, 0.05) is 32.5 Å². The third kappa shape index (κ3) is 5.15. The molecule has 88 valence electrons. The number of hydrogen-bond acceptors (Lipinski definition) is 3. The fourth-order valence-corrected chi connectivity index (χ4v) is 1.75. The Morgan fingerprint density at radius 1 is 1.12 bits per heavy atom. The minimum absolute atomic E-state index is 0.511. The van der Waals surface area contributed by atoms with E-state index in [2.05, 4.69) is 42.2 Å². The van der Waals surface area contributed by atoms with Gasteiger partial charge in [-0.2, -0.15) is 10.5 Å². The highest BCUT2D eigenvalue weighted by molar-refractivity contribution is 5.22. The Morgan fingerprint density at radius 3 is 2.29 bits per heavy atom. The van der Waals surface area contributed by atoms with Crippen LogP contribution in [0.4, 0.5) is 0 Å². The molecule has 0 N–H and O–H groups in total. The summed E-state index contributed by atoms with van der Waals surface area (Å²) in [6, 6.07) is 12.6.